The number of nitriles is 2. The SMILES string of the molecule is COC1(c2ncc(F)cc2C(F)F)C=C(C#N)C(=O)C(C)(C)C1.COC1(c2ncc(F)cc2C(F)F)CC(C#N)C(=O)C(C)(C)C1. The average Bonchev–Trinajstić information content (AvgIpc) is 2.99. The normalized spacial score (nSPS) is 25.3. The van der Waals surface area contributed by atoms with E-state index in [0.717, 1.165) is 18.5 Å². The Morgan fingerprint density at radius 2 is 1.37 bits per heavy atom. The fourth-order valence-corrected chi connectivity index (χ4v) is 6.19. The molecule has 3 unspecified atom stereocenters. The molecule has 0 amide bonds. The van der Waals surface area contributed by atoms with E-state index in [9.17, 15) is 41.2 Å². The van der Waals surface area contributed by atoms with Gasteiger partial charge in [0, 0.05) is 42.6 Å². The van der Waals surface area contributed by atoms with Crippen LogP contribution in [0.25, 0.3) is 0 Å². The maximum atomic E-state index is 13.3. The molecule has 4 rings (SSSR count). The fraction of sp³-hybridized carbons (Fsp3) is 0.500. The lowest BCUT2D eigenvalue weighted by Crippen LogP contribution is -2.48. The van der Waals surface area contributed by atoms with Crippen molar-refractivity contribution in [3.63, 3.8) is 0 Å². The van der Waals surface area contributed by atoms with Gasteiger partial charge in [-0.25, -0.2) is 26.3 Å². The molecule has 0 saturated heterocycles. The molecule has 46 heavy (non-hydrogen) atoms. The molecule has 0 spiro atoms. The number of halogens is 6. The maximum Gasteiger partial charge on any atom is 0.265 e. The number of allylic oxidation sites excluding steroid dienone is 1. The van der Waals surface area contributed by atoms with Crippen LogP contribution in [0, 0.1) is 51.0 Å². The number of alkyl halides is 4. The second-order valence-electron chi connectivity index (χ2n) is 12.4. The Balaban J connectivity index is 0.000000250. The van der Waals surface area contributed by atoms with Gasteiger partial charge in [-0.05, 0) is 31.1 Å². The zero-order valence-electron chi connectivity index (χ0n) is 25.9. The molecule has 246 valence electrons. The Morgan fingerprint density at radius 3 is 1.83 bits per heavy atom. The minimum absolute atomic E-state index is 0.0128. The molecule has 0 bridgehead atoms. The summed E-state index contributed by atoms with van der Waals surface area (Å²) in [7, 11) is 2.60. The topological polar surface area (TPSA) is 126 Å². The standard InChI is InChI=1S/C16H17F3N2O2.C16H15F3N2O2/c2*1-15(2)8-16(23-3,5-9(6-20)13(15)22)12-11(14(18)19)4-10(17)7-21-12/h4,7,9,14H,5,8H2,1-3H3;4-5,7,14H,8H2,1-3H3. The molecule has 2 heterocycles. The summed E-state index contributed by atoms with van der Waals surface area (Å²) in [6.07, 6.45) is -3.04. The van der Waals surface area contributed by atoms with Crippen LogP contribution in [0.15, 0.2) is 36.2 Å². The van der Waals surface area contributed by atoms with Gasteiger partial charge in [0.2, 0.25) is 0 Å². The van der Waals surface area contributed by atoms with Gasteiger partial charge in [0.1, 0.15) is 34.8 Å². The van der Waals surface area contributed by atoms with Crippen molar-refractivity contribution in [2.45, 2.75) is 71.0 Å². The van der Waals surface area contributed by atoms with Gasteiger partial charge in [0.05, 0.1) is 35.4 Å². The van der Waals surface area contributed by atoms with Crippen LogP contribution in [0.5, 0.6) is 0 Å². The van der Waals surface area contributed by atoms with Crippen LogP contribution < -0.4 is 0 Å². The zero-order chi connectivity index (χ0) is 34.8. The summed E-state index contributed by atoms with van der Waals surface area (Å²) in [6, 6.07) is 5.09. The first-order valence-corrected chi connectivity index (χ1v) is 13.9. The van der Waals surface area contributed by atoms with E-state index in [1.165, 1.54) is 20.3 Å². The molecule has 0 N–H and O–H groups in total. The Kier molecular flexibility index (Phi) is 10.5. The van der Waals surface area contributed by atoms with Crippen molar-refractivity contribution in [3.05, 3.63) is 70.3 Å². The Labute approximate surface area is 262 Å². The molecule has 3 atom stereocenters. The largest absolute Gasteiger partial charge is 0.372 e. The molecule has 2 aromatic rings. The number of Topliss-reactive ketones (excluding diaryl/α,β-unsaturated/α-hetero) is 2. The minimum atomic E-state index is -2.97. The summed E-state index contributed by atoms with van der Waals surface area (Å²) in [5.74, 6) is -3.41. The number of hydrogen-bond donors (Lipinski definition) is 0. The predicted molar refractivity (Wildman–Crippen MR) is 150 cm³/mol. The van der Waals surface area contributed by atoms with Gasteiger partial charge >= 0.3 is 0 Å². The molecular formula is C32H32F6N4O4. The molecule has 2 aliphatic rings. The van der Waals surface area contributed by atoms with E-state index in [1.807, 2.05) is 6.07 Å². The van der Waals surface area contributed by atoms with Crippen LogP contribution in [0.2, 0.25) is 0 Å². The minimum Gasteiger partial charge on any atom is -0.372 e. The van der Waals surface area contributed by atoms with E-state index in [0.29, 0.717) is 6.07 Å². The van der Waals surface area contributed by atoms with Crippen molar-refractivity contribution in [1.29, 1.82) is 10.5 Å². The number of ketones is 2. The van der Waals surface area contributed by atoms with Gasteiger partial charge in [-0.1, -0.05) is 27.7 Å². The van der Waals surface area contributed by atoms with Crippen LogP contribution in [-0.2, 0) is 30.3 Å². The van der Waals surface area contributed by atoms with E-state index in [2.05, 4.69) is 9.97 Å². The van der Waals surface area contributed by atoms with E-state index in [1.54, 1.807) is 33.8 Å². The summed E-state index contributed by atoms with van der Waals surface area (Å²) in [5, 5.41) is 18.4. The van der Waals surface area contributed by atoms with E-state index >= 15 is 0 Å². The molecule has 2 aliphatic carbocycles. The van der Waals surface area contributed by atoms with Crippen LogP contribution in [0.1, 0.15) is 82.3 Å². The number of carbonyl (C=O) groups excluding carboxylic acids is 2. The molecule has 14 heteroatoms. The highest BCUT2D eigenvalue weighted by atomic mass is 19.3. The van der Waals surface area contributed by atoms with Crippen molar-refractivity contribution in [2.24, 2.45) is 16.7 Å². The number of aromatic nitrogens is 2. The van der Waals surface area contributed by atoms with Crippen LogP contribution >= 0.6 is 0 Å². The Bertz CT molecular complexity index is 1630. The lowest BCUT2D eigenvalue weighted by atomic mass is 9.63. The van der Waals surface area contributed by atoms with Gasteiger partial charge in [-0.3, -0.25) is 19.6 Å². The highest BCUT2D eigenvalue weighted by Crippen LogP contribution is 2.50. The predicted octanol–water partition coefficient (Wildman–Crippen LogP) is 6.98. The molecule has 1 fully saturated rings. The molecule has 2 aromatic heterocycles. The Hall–Kier alpha value is -4.14. The molecule has 0 radical (unpaired) electrons. The Morgan fingerprint density at radius 1 is 0.848 bits per heavy atom. The van der Waals surface area contributed by atoms with Crippen molar-refractivity contribution in [3.8, 4) is 12.1 Å². The highest BCUT2D eigenvalue weighted by molar-refractivity contribution is 6.04. The van der Waals surface area contributed by atoms with Gasteiger partial charge in [0.25, 0.3) is 12.9 Å². The average molecular weight is 651 g/mol. The first-order valence-electron chi connectivity index (χ1n) is 13.9. The number of hydrogen-bond acceptors (Lipinski definition) is 8. The first kappa shape index (κ1) is 36.3. The molecule has 0 aliphatic heterocycles. The maximum absolute atomic E-state index is 13.3. The van der Waals surface area contributed by atoms with Crippen molar-refractivity contribution >= 4 is 11.6 Å². The van der Waals surface area contributed by atoms with Crippen molar-refractivity contribution in [2.75, 3.05) is 14.2 Å². The van der Waals surface area contributed by atoms with Crippen molar-refractivity contribution in [1.82, 2.24) is 9.97 Å². The number of carbonyl (C=O) groups is 2. The zero-order valence-corrected chi connectivity index (χ0v) is 25.9. The molecule has 8 nitrogen and oxygen atoms in total. The van der Waals surface area contributed by atoms with Crippen LogP contribution in [0.3, 0.4) is 0 Å². The molecule has 1 saturated carbocycles. The number of ether oxygens (including phenoxy) is 2. The third-order valence-electron chi connectivity index (χ3n) is 8.29. The van der Waals surface area contributed by atoms with Gasteiger partial charge < -0.3 is 9.47 Å². The summed E-state index contributed by atoms with van der Waals surface area (Å²) >= 11 is 0. The third kappa shape index (κ3) is 6.83. The smallest absolute Gasteiger partial charge is 0.265 e. The quantitative estimate of drug-likeness (QED) is 0.307. The van der Waals surface area contributed by atoms with E-state index in [-0.39, 0.29) is 42.0 Å². The van der Waals surface area contributed by atoms with Crippen LogP contribution in [-0.4, -0.2) is 35.8 Å². The first-order chi connectivity index (χ1) is 21.3. The fourth-order valence-electron chi connectivity index (χ4n) is 6.19. The summed E-state index contributed by atoms with van der Waals surface area (Å²) in [4.78, 5) is 32.1. The number of methoxy groups -OCH3 is 2. The highest BCUT2D eigenvalue weighted by Gasteiger charge is 2.53. The summed E-state index contributed by atoms with van der Waals surface area (Å²) in [5.41, 5.74) is -6.47. The number of rotatable bonds is 6. The number of pyridine rings is 2. The lowest BCUT2D eigenvalue weighted by molar-refractivity contribution is -0.148. The summed E-state index contributed by atoms with van der Waals surface area (Å²) < 4.78 is 90.8. The second kappa shape index (κ2) is 13.3. The third-order valence-corrected chi connectivity index (χ3v) is 8.29. The molecule has 0 aromatic carbocycles. The van der Waals surface area contributed by atoms with Crippen LogP contribution in [0.4, 0.5) is 26.3 Å². The monoisotopic (exact) mass is 650 g/mol. The molecular weight excluding hydrogens is 618 g/mol. The van der Waals surface area contributed by atoms with E-state index < -0.39 is 69.3 Å². The van der Waals surface area contributed by atoms with E-state index in [4.69, 9.17) is 14.7 Å². The van der Waals surface area contributed by atoms with Crippen molar-refractivity contribution < 1.29 is 45.4 Å². The summed E-state index contributed by atoms with van der Waals surface area (Å²) in [6.45, 7) is 6.47. The lowest BCUT2D eigenvalue weighted by Gasteiger charge is -2.44. The van der Waals surface area contributed by atoms with Gasteiger partial charge in [-0.15, -0.1) is 0 Å². The second-order valence-corrected chi connectivity index (χ2v) is 12.4. The van der Waals surface area contributed by atoms with Gasteiger partial charge in [-0.2, -0.15) is 10.5 Å². The number of nitrogens with zero attached hydrogens (tertiary/aromatic N) is 4. The van der Waals surface area contributed by atoms with Gasteiger partial charge in [0.15, 0.2) is 11.6 Å².